The first-order valence-electron chi connectivity index (χ1n) is 9.28. The van der Waals surface area contributed by atoms with Gasteiger partial charge in [-0.3, -0.25) is 0 Å². The molecule has 0 radical (unpaired) electrons. The van der Waals surface area contributed by atoms with Crippen molar-refractivity contribution in [2.24, 2.45) is 16.6 Å². The largest absolute Gasteiger partial charge is 0.444 e. The van der Waals surface area contributed by atoms with Crippen molar-refractivity contribution >= 4 is 36.0 Å². The van der Waals surface area contributed by atoms with Gasteiger partial charge in [-0.25, -0.2) is 9.79 Å². The van der Waals surface area contributed by atoms with E-state index in [0.717, 1.165) is 23.6 Å². The third-order valence-corrected chi connectivity index (χ3v) is 4.38. The van der Waals surface area contributed by atoms with Gasteiger partial charge >= 0.3 is 6.09 Å². The monoisotopic (exact) mass is 488 g/mol. The Hall–Kier alpha value is -1.51. The molecule has 0 heterocycles. The molecule has 1 aromatic rings. The first-order chi connectivity index (χ1) is 12.2. The van der Waals surface area contributed by atoms with Crippen LogP contribution in [0.2, 0.25) is 0 Å². The molecule has 3 N–H and O–H groups in total. The highest BCUT2D eigenvalue weighted by Gasteiger charge is 2.19. The van der Waals surface area contributed by atoms with E-state index in [2.05, 4.69) is 10.3 Å². The molecule has 0 unspecified atom stereocenters. The van der Waals surface area contributed by atoms with Gasteiger partial charge in [-0.1, -0.05) is 30.7 Å². The lowest BCUT2D eigenvalue weighted by Crippen LogP contribution is -2.37. The normalized spacial score (nSPS) is 14.7. The standard InChI is InChI=1S/C20H32N4O2.HI/c1-20(2,3)26-19(25)24(4)14-17-10-8-16(9-11-17)13-23-18(21)22-12-15-6-5-7-15;/h8-11,15H,5-7,12-14H2,1-4H3,(H3,21,22,23);1H. The van der Waals surface area contributed by atoms with Crippen LogP contribution in [-0.2, 0) is 17.8 Å². The maximum atomic E-state index is 12.0. The van der Waals surface area contributed by atoms with Gasteiger partial charge in [0.25, 0.3) is 0 Å². The van der Waals surface area contributed by atoms with Gasteiger partial charge in [-0.15, -0.1) is 24.0 Å². The lowest BCUT2D eigenvalue weighted by atomic mass is 9.85. The molecule has 0 bridgehead atoms. The molecule has 1 aliphatic rings. The van der Waals surface area contributed by atoms with Gasteiger partial charge in [-0.05, 0) is 50.7 Å². The lowest BCUT2D eigenvalue weighted by Gasteiger charge is -2.25. The number of halogens is 1. The second-order valence-electron chi connectivity index (χ2n) is 8.03. The van der Waals surface area contributed by atoms with Crippen LogP contribution in [0, 0.1) is 5.92 Å². The summed E-state index contributed by atoms with van der Waals surface area (Å²) in [6.07, 6.45) is 3.59. The summed E-state index contributed by atoms with van der Waals surface area (Å²) in [5.41, 5.74) is 7.55. The second-order valence-corrected chi connectivity index (χ2v) is 8.03. The van der Waals surface area contributed by atoms with Crippen molar-refractivity contribution in [3.05, 3.63) is 35.4 Å². The minimum absolute atomic E-state index is 0. The Morgan fingerprint density at radius 1 is 1.26 bits per heavy atom. The minimum Gasteiger partial charge on any atom is -0.444 e. The van der Waals surface area contributed by atoms with E-state index in [0.29, 0.717) is 19.0 Å². The Kier molecular flexibility index (Phi) is 9.35. The zero-order chi connectivity index (χ0) is 19.2. The Balaban J connectivity index is 0.00000364. The number of hydrogen-bond donors (Lipinski definition) is 2. The van der Waals surface area contributed by atoms with Crippen LogP contribution in [0.1, 0.15) is 51.2 Å². The summed E-state index contributed by atoms with van der Waals surface area (Å²) in [5.74, 6) is 1.26. The zero-order valence-electron chi connectivity index (χ0n) is 16.8. The van der Waals surface area contributed by atoms with Crippen LogP contribution in [0.25, 0.3) is 0 Å². The van der Waals surface area contributed by atoms with Gasteiger partial charge in [0, 0.05) is 20.1 Å². The summed E-state index contributed by atoms with van der Waals surface area (Å²) in [5, 5.41) is 3.19. The predicted molar refractivity (Wildman–Crippen MR) is 120 cm³/mol. The van der Waals surface area contributed by atoms with E-state index in [1.165, 1.54) is 19.3 Å². The molecule has 0 spiro atoms. The maximum absolute atomic E-state index is 12.0. The van der Waals surface area contributed by atoms with Crippen LogP contribution < -0.4 is 11.1 Å². The molecule has 1 aliphatic carbocycles. The number of nitrogens with one attached hydrogen (secondary N) is 1. The Morgan fingerprint density at radius 2 is 1.85 bits per heavy atom. The Bertz CT molecular complexity index is 622. The number of carbonyl (C=O) groups is 1. The average molecular weight is 488 g/mol. The minimum atomic E-state index is -0.486. The van der Waals surface area contributed by atoms with E-state index in [9.17, 15) is 4.79 Å². The van der Waals surface area contributed by atoms with E-state index < -0.39 is 5.60 Å². The van der Waals surface area contributed by atoms with Gasteiger partial charge in [-0.2, -0.15) is 0 Å². The second kappa shape index (κ2) is 10.7. The number of nitrogens with zero attached hydrogens (tertiary/aromatic N) is 2. The highest BCUT2D eigenvalue weighted by Crippen LogP contribution is 2.25. The number of ether oxygens (including phenoxy) is 1. The average Bonchev–Trinajstić information content (AvgIpc) is 2.51. The molecule has 7 heteroatoms. The predicted octanol–water partition coefficient (Wildman–Crippen LogP) is 3.88. The first-order valence-corrected chi connectivity index (χ1v) is 9.28. The SMILES string of the molecule is CN(Cc1ccc(CN=C(N)NCC2CCC2)cc1)C(=O)OC(C)(C)C.I. The maximum Gasteiger partial charge on any atom is 0.410 e. The number of benzene rings is 1. The third-order valence-electron chi connectivity index (χ3n) is 4.38. The van der Waals surface area contributed by atoms with Crippen molar-refractivity contribution in [1.29, 1.82) is 0 Å². The molecule has 1 amide bonds. The van der Waals surface area contributed by atoms with Gasteiger partial charge < -0.3 is 20.7 Å². The van der Waals surface area contributed by atoms with Crippen LogP contribution >= 0.6 is 24.0 Å². The molecular formula is C20H33IN4O2. The number of carbonyl (C=O) groups excluding carboxylic acids is 1. The van der Waals surface area contributed by atoms with Crippen molar-refractivity contribution in [2.75, 3.05) is 13.6 Å². The number of nitrogens with two attached hydrogens (primary N) is 1. The van der Waals surface area contributed by atoms with Crippen LogP contribution in [0.5, 0.6) is 0 Å². The van der Waals surface area contributed by atoms with Crippen molar-refractivity contribution in [2.45, 2.75) is 58.7 Å². The van der Waals surface area contributed by atoms with E-state index in [-0.39, 0.29) is 30.1 Å². The Labute approximate surface area is 179 Å². The van der Waals surface area contributed by atoms with E-state index in [1.807, 2.05) is 45.0 Å². The summed E-state index contributed by atoms with van der Waals surface area (Å²) in [7, 11) is 1.74. The molecule has 1 fully saturated rings. The van der Waals surface area contributed by atoms with Gasteiger partial charge in [0.2, 0.25) is 0 Å². The molecule has 0 aliphatic heterocycles. The van der Waals surface area contributed by atoms with Gasteiger partial charge in [0.05, 0.1) is 6.54 Å². The highest BCUT2D eigenvalue weighted by molar-refractivity contribution is 14.0. The fourth-order valence-corrected chi connectivity index (χ4v) is 2.61. The summed E-state index contributed by atoms with van der Waals surface area (Å²) in [6.45, 7) is 7.56. The smallest absolute Gasteiger partial charge is 0.410 e. The van der Waals surface area contributed by atoms with E-state index in [4.69, 9.17) is 10.5 Å². The van der Waals surface area contributed by atoms with E-state index in [1.54, 1.807) is 11.9 Å². The number of hydrogen-bond acceptors (Lipinski definition) is 3. The topological polar surface area (TPSA) is 80.0 Å². The summed E-state index contributed by atoms with van der Waals surface area (Å²) in [6, 6.07) is 8.04. The van der Waals surface area contributed by atoms with Crippen LogP contribution in [0.3, 0.4) is 0 Å². The van der Waals surface area contributed by atoms with Crippen LogP contribution in [0.15, 0.2) is 29.3 Å². The molecule has 2 rings (SSSR count). The molecule has 6 nitrogen and oxygen atoms in total. The first kappa shape index (κ1) is 23.5. The summed E-state index contributed by atoms with van der Waals surface area (Å²) >= 11 is 0. The van der Waals surface area contributed by atoms with Crippen molar-refractivity contribution < 1.29 is 9.53 Å². The highest BCUT2D eigenvalue weighted by atomic mass is 127. The molecule has 152 valence electrons. The summed E-state index contributed by atoms with van der Waals surface area (Å²) in [4.78, 5) is 18.0. The fraction of sp³-hybridized carbons (Fsp3) is 0.600. The van der Waals surface area contributed by atoms with Crippen molar-refractivity contribution in [3.63, 3.8) is 0 Å². The van der Waals surface area contributed by atoms with E-state index >= 15 is 0 Å². The van der Waals surface area contributed by atoms with Crippen molar-refractivity contribution in [1.82, 2.24) is 10.2 Å². The van der Waals surface area contributed by atoms with Gasteiger partial charge in [0.15, 0.2) is 5.96 Å². The molecule has 0 saturated heterocycles. The molecule has 27 heavy (non-hydrogen) atoms. The quantitative estimate of drug-likeness (QED) is 0.362. The summed E-state index contributed by atoms with van der Waals surface area (Å²) < 4.78 is 5.36. The number of guanidine groups is 1. The van der Waals surface area contributed by atoms with Crippen LogP contribution in [0.4, 0.5) is 4.79 Å². The Morgan fingerprint density at radius 3 is 2.37 bits per heavy atom. The third kappa shape index (κ3) is 8.81. The zero-order valence-corrected chi connectivity index (χ0v) is 19.2. The molecule has 0 atom stereocenters. The number of amides is 1. The van der Waals surface area contributed by atoms with Crippen LogP contribution in [-0.4, -0.2) is 36.1 Å². The van der Waals surface area contributed by atoms with Gasteiger partial charge in [0.1, 0.15) is 5.60 Å². The number of rotatable bonds is 6. The lowest BCUT2D eigenvalue weighted by molar-refractivity contribution is 0.0285. The molecule has 1 aromatic carbocycles. The molecule has 0 aromatic heterocycles. The van der Waals surface area contributed by atoms with Crippen molar-refractivity contribution in [3.8, 4) is 0 Å². The number of aliphatic imine (C=N–C) groups is 1. The fourth-order valence-electron chi connectivity index (χ4n) is 2.61. The molecular weight excluding hydrogens is 455 g/mol. The molecule has 1 saturated carbocycles.